The number of aliphatic hydroxyl groups excluding tert-OH is 1. The van der Waals surface area contributed by atoms with Crippen LogP contribution in [0, 0.1) is 20.8 Å². The van der Waals surface area contributed by atoms with Crippen LogP contribution in [0.5, 0.6) is 0 Å². The van der Waals surface area contributed by atoms with Crippen molar-refractivity contribution in [3.8, 4) is 0 Å². The second-order valence-electron chi connectivity index (χ2n) is 9.97. The van der Waals surface area contributed by atoms with Gasteiger partial charge in [0.05, 0.1) is 11.3 Å². The highest BCUT2D eigenvalue weighted by atomic mass is 16.3. The van der Waals surface area contributed by atoms with E-state index >= 15 is 0 Å². The average molecular weight is 455 g/mol. The largest absolute Gasteiger partial charge is 0.507 e. The van der Waals surface area contributed by atoms with Gasteiger partial charge in [0.1, 0.15) is 11.8 Å². The predicted octanol–water partition coefficient (Wildman–Crippen LogP) is 5.93. The summed E-state index contributed by atoms with van der Waals surface area (Å²) < 4.78 is 0. The zero-order valence-corrected chi connectivity index (χ0v) is 20.5. The van der Waals surface area contributed by atoms with E-state index in [-0.39, 0.29) is 16.7 Å². The molecule has 1 saturated heterocycles. The number of carbonyl (C=O) groups is 2. The van der Waals surface area contributed by atoms with Gasteiger partial charge in [-0.3, -0.25) is 19.5 Å². The van der Waals surface area contributed by atoms with Crippen molar-refractivity contribution in [1.29, 1.82) is 0 Å². The van der Waals surface area contributed by atoms with Crippen molar-refractivity contribution in [3.05, 3.63) is 99.9 Å². The molecule has 0 radical (unpaired) electrons. The Kier molecular flexibility index (Phi) is 5.90. The maximum Gasteiger partial charge on any atom is 0.300 e. The van der Waals surface area contributed by atoms with E-state index in [2.05, 4.69) is 25.8 Å². The Morgan fingerprint density at radius 1 is 0.912 bits per heavy atom. The molecule has 3 aromatic rings. The lowest BCUT2D eigenvalue weighted by Gasteiger charge is -2.25. The third kappa shape index (κ3) is 4.03. The van der Waals surface area contributed by atoms with E-state index in [1.165, 1.54) is 4.90 Å². The summed E-state index contributed by atoms with van der Waals surface area (Å²) in [5, 5.41) is 11.5. The van der Waals surface area contributed by atoms with Gasteiger partial charge in [0, 0.05) is 17.4 Å². The summed E-state index contributed by atoms with van der Waals surface area (Å²) in [5.74, 6) is -1.57. The first-order valence-corrected chi connectivity index (χ1v) is 11.4. The number of anilines is 1. The number of benzene rings is 2. The third-order valence-electron chi connectivity index (χ3n) is 6.54. The maximum absolute atomic E-state index is 13.4. The van der Waals surface area contributed by atoms with Crippen LogP contribution in [0.15, 0.2) is 66.4 Å². The van der Waals surface area contributed by atoms with E-state index in [0.717, 1.165) is 22.3 Å². The standard InChI is InChI=1S/C29H30N2O3/c1-17-11-13-21(15-19(17)3)31-25(23-9-7-8-14-30-23)24(27(33)28(31)34)26(32)22-16-20(29(4,5)6)12-10-18(22)2/h7-16,25,32H,1-6H3/b26-24+. The van der Waals surface area contributed by atoms with Gasteiger partial charge in [0.2, 0.25) is 0 Å². The lowest BCUT2D eigenvalue weighted by atomic mass is 9.84. The molecule has 34 heavy (non-hydrogen) atoms. The van der Waals surface area contributed by atoms with Gasteiger partial charge < -0.3 is 5.11 Å². The van der Waals surface area contributed by atoms with Crippen molar-refractivity contribution in [1.82, 2.24) is 4.98 Å². The zero-order chi connectivity index (χ0) is 24.8. The summed E-state index contributed by atoms with van der Waals surface area (Å²) in [4.78, 5) is 32.7. The highest BCUT2D eigenvalue weighted by Crippen LogP contribution is 2.42. The van der Waals surface area contributed by atoms with Crippen LogP contribution in [0.3, 0.4) is 0 Å². The summed E-state index contributed by atoms with van der Waals surface area (Å²) >= 11 is 0. The van der Waals surface area contributed by atoms with Crippen molar-refractivity contribution in [2.24, 2.45) is 0 Å². The molecule has 1 aliphatic heterocycles. The fourth-order valence-corrected chi connectivity index (χ4v) is 4.28. The highest BCUT2D eigenvalue weighted by Gasteiger charge is 2.47. The molecule has 0 saturated carbocycles. The number of ketones is 1. The number of Topliss-reactive ketones (excluding diaryl/α,β-unsaturated/α-hetero) is 1. The minimum atomic E-state index is -0.832. The van der Waals surface area contributed by atoms with E-state index in [1.54, 1.807) is 18.3 Å². The molecule has 1 unspecified atom stereocenters. The van der Waals surface area contributed by atoms with Crippen LogP contribution in [0.4, 0.5) is 5.69 Å². The van der Waals surface area contributed by atoms with Crippen LogP contribution in [0.2, 0.25) is 0 Å². The number of rotatable bonds is 3. The second kappa shape index (κ2) is 8.56. The van der Waals surface area contributed by atoms with Gasteiger partial charge in [0.15, 0.2) is 0 Å². The number of aliphatic hydroxyl groups is 1. The number of aromatic nitrogens is 1. The van der Waals surface area contributed by atoms with E-state index in [1.807, 2.05) is 63.2 Å². The Bertz CT molecular complexity index is 1320. The molecule has 4 rings (SSSR count). The number of pyridine rings is 1. The molecule has 1 N–H and O–H groups in total. The summed E-state index contributed by atoms with van der Waals surface area (Å²) in [7, 11) is 0. The quantitative estimate of drug-likeness (QED) is 0.302. The van der Waals surface area contributed by atoms with Gasteiger partial charge in [0.25, 0.3) is 11.7 Å². The lowest BCUT2D eigenvalue weighted by Crippen LogP contribution is -2.30. The Balaban J connectivity index is 1.98. The first-order chi connectivity index (χ1) is 16.0. The normalized spacial score (nSPS) is 17.9. The van der Waals surface area contributed by atoms with Crippen molar-refractivity contribution >= 4 is 23.1 Å². The molecule has 2 aromatic carbocycles. The number of nitrogens with zero attached hydrogens (tertiary/aromatic N) is 2. The molecule has 5 nitrogen and oxygen atoms in total. The summed E-state index contributed by atoms with van der Waals surface area (Å²) in [6, 6.07) is 16.0. The molecule has 174 valence electrons. The third-order valence-corrected chi connectivity index (χ3v) is 6.54. The molecule has 5 heteroatoms. The first-order valence-electron chi connectivity index (χ1n) is 11.4. The minimum Gasteiger partial charge on any atom is -0.507 e. The van der Waals surface area contributed by atoms with Crippen molar-refractivity contribution in [3.63, 3.8) is 0 Å². The molecule has 1 aliphatic rings. The van der Waals surface area contributed by atoms with E-state index in [0.29, 0.717) is 16.9 Å². The summed E-state index contributed by atoms with van der Waals surface area (Å²) in [5.41, 5.74) is 5.51. The van der Waals surface area contributed by atoms with Gasteiger partial charge in [-0.2, -0.15) is 0 Å². The molecule has 1 aromatic heterocycles. The van der Waals surface area contributed by atoms with Crippen LogP contribution < -0.4 is 4.90 Å². The maximum atomic E-state index is 13.4. The number of carbonyl (C=O) groups excluding carboxylic acids is 2. The van der Waals surface area contributed by atoms with Crippen LogP contribution in [-0.4, -0.2) is 21.8 Å². The fourth-order valence-electron chi connectivity index (χ4n) is 4.28. The van der Waals surface area contributed by atoms with E-state index < -0.39 is 17.7 Å². The molecule has 1 amide bonds. The SMILES string of the molecule is Cc1ccc(N2C(=O)C(=O)/C(=C(/O)c3cc(C(C)(C)C)ccc3C)C2c2ccccn2)cc1C. The molecule has 2 heterocycles. The van der Waals surface area contributed by atoms with Gasteiger partial charge in [-0.05, 0) is 78.8 Å². The van der Waals surface area contributed by atoms with Gasteiger partial charge in [-0.25, -0.2) is 0 Å². The van der Waals surface area contributed by atoms with Crippen LogP contribution in [0.25, 0.3) is 5.76 Å². The van der Waals surface area contributed by atoms with Crippen LogP contribution in [-0.2, 0) is 15.0 Å². The molecular formula is C29H30N2O3. The molecule has 0 spiro atoms. The minimum absolute atomic E-state index is 0.0519. The van der Waals surface area contributed by atoms with E-state index in [9.17, 15) is 14.7 Å². The summed E-state index contributed by atoms with van der Waals surface area (Å²) in [6.45, 7) is 12.1. The molecule has 1 atom stereocenters. The Hall–Kier alpha value is -3.73. The predicted molar refractivity (Wildman–Crippen MR) is 135 cm³/mol. The van der Waals surface area contributed by atoms with Crippen molar-refractivity contribution in [2.75, 3.05) is 4.90 Å². The fraction of sp³-hybridized carbons (Fsp3) is 0.276. The van der Waals surface area contributed by atoms with Gasteiger partial charge >= 0.3 is 0 Å². The topological polar surface area (TPSA) is 70.5 Å². The molecular weight excluding hydrogens is 424 g/mol. The molecule has 1 fully saturated rings. The molecule has 0 aliphatic carbocycles. The van der Waals surface area contributed by atoms with Gasteiger partial charge in [-0.1, -0.05) is 45.0 Å². The van der Waals surface area contributed by atoms with Gasteiger partial charge in [-0.15, -0.1) is 0 Å². The lowest BCUT2D eigenvalue weighted by molar-refractivity contribution is -0.132. The number of hydrogen-bond acceptors (Lipinski definition) is 4. The Labute approximate surface area is 200 Å². The Morgan fingerprint density at radius 3 is 2.24 bits per heavy atom. The summed E-state index contributed by atoms with van der Waals surface area (Å²) in [6.07, 6.45) is 1.63. The molecule has 0 bridgehead atoms. The van der Waals surface area contributed by atoms with Crippen LogP contribution >= 0.6 is 0 Å². The van der Waals surface area contributed by atoms with Crippen LogP contribution in [0.1, 0.15) is 60.3 Å². The Morgan fingerprint density at radius 2 is 1.62 bits per heavy atom. The smallest absolute Gasteiger partial charge is 0.300 e. The number of hydrogen-bond donors (Lipinski definition) is 1. The number of aryl methyl sites for hydroxylation is 3. The highest BCUT2D eigenvalue weighted by molar-refractivity contribution is 6.51. The van der Waals surface area contributed by atoms with Crippen molar-refractivity contribution in [2.45, 2.75) is 53.0 Å². The first kappa shape index (κ1) is 23.4. The van der Waals surface area contributed by atoms with E-state index in [4.69, 9.17) is 0 Å². The monoisotopic (exact) mass is 454 g/mol. The number of amides is 1. The second-order valence-corrected chi connectivity index (χ2v) is 9.97. The average Bonchev–Trinajstić information content (AvgIpc) is 3.06. The van der Waals surface area contributed by atoms with Crippen molar-refractivity contribution < 1.29 is 14.7 Å². The zero-order valence-electron chi connectivity index (χ0n) is 20.5.